The molecule has 0 unspecified atom stereocenters. The predicted octanol–water partition coefficient (Wildman–Crippen LogP) is 1.91. The Labute approximate surface area is 97.3 Å². The minimum atomic E-state index is -0.346. The van der Waals surface area contributed by atoms with Crippen molar-refractivity contribution < 1.29 is 4.39 Å². The van der Waals surface area contributed by atoms with E-state index in [1.807, 2.05) is 0 Å². The number of hydrogen-bond donors (Lipinski definition) is 2. The fourth-order valence-electron chi connectivity index (χ4n) is 1.52. The normalized spacial score (nSPS) is 10.6. The van der Waals surface area contributed by atoms with Gasteiger partial charge in [0, 0.05) is 17.4 Å². The van der Waals surface area contributed by atoms with Crippen molar-refractivity contribution >= 4 is 12.6 Å². The average Bonchev–Trinajstić information content (AvgIpc) is 2.61. The van der Waals surface area contributed by atoms with Crippen molar-refractivity contribution in [1.29, 1.82) is 0 Å². The Balaban J connectivity index is 2.46. The second-order valence-corrected chi connectivity index (χ2v) is 3.81. The Morgan fingerprint density at radius 3 is 2.81 bits per heavy atom. The van der Waals surface area contributed by atoms with Crippen LogP contribution in [-0.2, 0) is 6.54 Å². The lowest BCUT2D eigenvalue weighted by atomic mass is 10.1. The summed E-state index contributed by atoms with van der Waals surface area (Å²) in [7, 11) is 0. The van der Waals surface area contributed by atoms with Gasteiger partial charge in [0.2, 0.25) is 0 Å². The van der Waals surface area contributed by atoms with Crippen LogP contribution in [0.4, 0.5) is 4.39 Å². The highest BCUT2D eigenvalue weighted by molar-refractivity contribution is 7.80. The van der Waals surface area contributed by atoms with E-state index in [-0.39, 0.29) is 11.4 Å². The van der Waals surface area contributed by atoms with Crippen LogP contribution in [0.2, 0.25) is 0 Å². The van der Waals surface area contributed by atoms with Crippen LogP contribution in [0.3, 0.4) is 0 Å². The van der Waals surface area contributed by atoms with Gasteiger partial charge < -0.3 is 0 Å². The van der Waals surface area contributed by atoms with Gasteiger partial charge in [0.1, 0.15) is 5.82 Å². The van der Waals surface area contributed by atoms with E-state index in [0.717, 1.165) is 0 Å². The number of hydrogen-bond acceptors (Lipinski definition) is 2. The molecule has 2 aromatic rings. The highest BCUT2D eigenvalue weighted by Gasteiger charge is 2.08. The Morgan fingerprint density at radius 1 is 1.38 bits per heavy atom. The number of aryl methyl sites for hydroxylation is 1. The summed E-state index contributed by atoms with van der Waals surface area (Å²) in [5.74, 6) is 0.207. The molecule has 0 saturated carbocycles. The zero-order chi connectivity index (χ0) is 11.5. The monoisotopic (exact) mass is 238 g/mol. The Hall–Kier alpha value is -1.49. The van der Waals surface area contributed by atoms with Crippen molar-refractivity contribution in [2.75, 3.05) is 5.75 Å². The summed E-state index contributed by atoms with van der Waals surface area (Å²) in [6.07, 6.45) is 0. The second-order valence-electron chi connectivity index (χ2n) is 3.36. The first kappa shape index (κ1) is 11.0. The van der Waals surface area contributed by atoms with Crippen LogP contribution in [0.1, 0.15) is 0 Å². The van der Waals surface area contributed by atoms with Gasteiger partial charge in [-0.3, -0.25) is 14.6 Å². The molecule has 0 aliphatic carbocycles. The molecule has 1 N–H and O–H groups in total. The lowest BCUT2D eigenvalue weighted by molar-refractivity contribution is 0.625. The second kappa shape index (κ2) is 4.57. The lowest BCUT2D eigenvalue weighted by Gasteiger charge is -2.00. The van der Waals surface area contributed by atoms with Crippen molar-refractivity contribution in [2.45, 2.75) is 6.54 Å². The van der Waals surface area contributed by atoms with Crippen LogP contribution in [0, 0.1) is 5.82 Å². The van der Waals surface area contributed by atoms with Gasteiger partial charge in [0.25, 0.3) is 5.56 Å². The summed E-state index contributed by atoms with van der Waals surface area (Å²) in [5, 5.41) is 2.85. The maximum atomic E-state index is 13.5. The molecule has 0 saturated heterocycles. The Morgan fingerprint density at radius 2 is 2.12 bits per heavy atom. The van der Waals surface area contributed by atoms with Crippen molar-refractivity contribution in [1.82, 2.24) is 9.78 Å². The molecule has 0 radical (unpaired) electrons. The maximum Gasteiger partial charge on any atom is 0.267 e. The number of aromatic nitrogens is 2. The van der Waals surface area contributed by atoms with E-state index in [0.29, 0.717) is 23.6 Å². The minimum absolute atomic E-state index is 0.174. The zero-order valence-corrected chi connectivity index (χ0v) is 9.38. The molecule has 0 aliphatic rings. The third-order valence-electron chi connectivity index (χ3n) is 2.28. The molecule has 1 aromatic heterocycles. The number of halogens is 1. The van der Waals surface area contributed by atoms with E-state index in [4.69, 9.17) is 0 Å². The fourth-order valence-corrected chi connectivity index (χ4v) is 1.72. The number of H-pyrrole nitrogens is 1. The number of thiol groups is 1. The first-order valence-corrected chi connectivity index (χ1v) is 5.51. The molecule has 0 amide bonds. The Kier molecular flexibility index (Phi) is 3.14. The standard InChI is InChI=1S/C11H11FN2OS/c12-9-4-2-1-3-8(9)10-7-11(15)14(13-10)5-6-16/h1-4,7,13,16H,5-6H2. The van der Waals surface area contributed by atoms with Crippen molar-refractivity contribution in [3.63, 3.8) is 0 Å². The molecule has 0 bridgehead atoms. The molecule has 3 nitrogen and oxygen atoms in total. The van der Waals surface area contributed by atoms with Crippen LogP contribution in [0.25, 0.3) is 11.3 Å². The average molecular weight is 238 g/mol. The number of rotatable bonds is 3. The zero-order valence-electron chi connectivity index (χ0n) is 8.48. The van der Waals surface area contributed by atoms with E-state index >= 15 is 0 Å². The van der Waals surface area contributed by atoms with Gasteiger partial charge in [-0.1, -0.05) is 12.1 Å². The topological polar surface area (TPSA) is 37.8 Å². The predicted molar refractivity (Wildman–Crippen MR) is 64.3 cm³/mol. The Bertz CT molecular complexity index is 547. The molecular weight excluding hydrogens is 227 g/mol. The summed E-state index contributed by atoms with van der Waals surface area (Å²) in [4.78, 5) is 11.5. The third-order valence-corrected chi connectivity index (χ3v) is 2.48. The van der Waals surface area contributed by atoms with Gasteiger partial charge in [-0.05, 0) is 12.1 Å². The number of nitrogens with one attached hydrogen (secondary N) is 1. The number of nitrogens with zero attached hydrogens (tertiary/aromatic N) is 1. The van der Waals surface area contributed by atoms with Crippen LogP contribution < -0.4 is 5.56 Å². The highest BCUT2D eigenvalue weighted by atomic mass is 32.1. The third kappa shape index (κ3) is 2.04. The summed E-state index contributed by atoms with van der Waals surface area (Å²) in [6, 6.07) is 7.73. The largest absolute Gasteiger partial charge is 0.295 e. The van der Waals surface area contributed by atoms with Gasteiger partial charge in [0.05, 0.1) is 12.2 Å². The molecule has 0 atom stereocenters. The first-order valence-electron chi connectivity index (χ1n) is 4.88. The van der Waals surface area contributed by atoms with Gasteiger partial charge in [-0.25, -0.2) is 4.39 Å². The van der Waals surface area contributed by atoms with E-state index < -0.39 is 0 Å². The van der Waals surface area contributed by atoms with Gasteiger partial charge >= 0.3 is 0 Å². The molecule has 5 heteroatoms. The van der Waals surface area contributed by atoms with E-state index in [2.05, 4.69) is 17.7 Å². The SMILES string of the molecule is O=c1cc(-c2ccccc2F)[nH]n1CCS. The summed E-state index contributed by atoms with van der Waals surface area (Å²) >= 11 is 4.04. The molecular formula is C11H11FN2OS. The van der Waals surface area contributed by atoms with Gasteiger partial charge in [-0.15, -0.1) is 0 Å². The molecule has 0 spiro atoms. The molecule has 16 heavy (non-hydrogen) atoms. The molecule has 84 valence electrons. The van der Waals surface area contributed by atoms with E-state index in [9.17, 15) is 9.18 Å². The van der Waals surface area contributed by atoms with Crippen LogP contribution in [0.15, 0.2) is 35.1 Å². The smallest absolute Gasteiger partial charge is 0.267 e. The fraction of sp³-hybridized carbons (Fsp3) is 0.182. The summed E-state index contributed by atoms with van der Waals surface area (Å²) in [6.45, 7) is 0.483. The first-order chi connectivity index (χ1) is 7.72. The van der Waals surface area contributed by atoms with E-state index in [1.54, 1.807) is 18.2 Å². The molecule has 0 aliphatic heterocycles. The summed E-state index contributed by atoms with van der Waals surface area (Å²) in [5.41, 5.74) is 0.717. The maximum absolute atomic E-state index is 13.5. The van der Waals surface area contributed by atoms with Crippen LogP contribution in [-0.4, -0.2) is 15.5 Å². The lowest BCUT2D eigenvalue weighted by Crippen LogP contribution is -2.16. The quantitative estimate of drug-likeness (QED) is 0.788. The number of aromatic amines is 1. The van der Waals surface area contributed by atoms with Crippen LogP contribution in [0.5, 0.6) is 0 Å². The summed E-state index contributed by atoms with van der Waals surface area (Å²) < 4.78 is 14.9. The van der Waals surface area contributed by atoms with E-state index in [1.165, 1.54) is 16.8 Å². The van der Waals surface area contributed by atoms with Gasteiger partial charge in [-0.2, -0.15) is 12.6 Å². The minimum Gasteiger partial charge on any atom is -0.295 e. The molecule has 1 aromatic carbocycles. The molecule has 2 rings (SSSR count). The highest BCUT2D eigenvalue weighted by Crippen LogP contribution is 2.18. The molecule has 0 fully saturated rings. The van der Waals surface area contributed by atoms with Crippen molar-refractivity contribution in [2.24, 2.45) is 0 Å². The molecule has 1 heterocycles. The van der Waals surface area contributed by atoms with Crippen LogP contribution >= 0.6 is 12.6 Å². The van der Waals surface area contributed by atoms with Gasteiger partial charge in [0.15, 0.2) is 0 Å². The number of benzene rings is 1. The van der Waals surface area contributed by atoms with Crippen molar-refractivity contribution in [3.05, 3.63) is 46.5 Å². The van der Waals surface area contributed by atoms with Crippen molar-refractivity contribution in [3.8, 4) is 11.3 Å².